The van der Waals surface area contributed by atoms with E-state index in [1.165, 1.54) is 4.70 Å². The van der Waals surface area contributed by atoms with Gasteiger partial charge in [0.2, 0.25) is 0 Å². The number of aliphatic hydroxyl groups is 1. The fourth-order valence-electron chi connectivity index (χ4n) is 2.35. The third kappa shape index (κ3) is 2.34. The Bertz CT molecular complexity index is 484. The van der Waals surface area contributed by atoms with Crippen molar-refractivity contribution in [1.82, 2.24) is 10.3 Å². The van der Waals surface area contributed by atoms with Crippen molar-refractivity contribution < 1.29 is 5.11 Å². The lowest BCUT2D eigenvalue weighted by molar-refractivity contribution is 0.0109. The van der Waals surface area contributed by atoms with Crippen molar-refractivity contribution in [3.63, 3.8) is 0 Å². The van der Waals surface area contributed by atoms with E-state index in [4.69, 9.17) is 0 Å². The Morgan fingerprint density at radius 1 is 1.29 bits per heavy atom. The molecule has 1 saturated heterocycles. The Morgan fingerprint density at radius 3 is 2.82 bits per heavy atom. The van der Waals surface area contributed by atoms with E-state index in [1.54, 1.807) is 11.3 Å². The van der Waals surface area contributed by atoms with E-state index in [9.17, 15) is 5.11 Å². The molecule has 1 aromatic carbocycles. The van der Waals surface area contributed by atoms with E-state index in [-0.39, 0.29) is 0 Å². The molecule has 1 fully saturated rings. The van der Waals surface area contributed by atoms with Crippen LogP contribution in [0.2, 0.25) is 0 Å². The van der Waals surface area contributed by atoms with Gasteiger partial charge in [-0.1, -0.05) is 12.1 Å². The van der Waals surface area contributed by atoms with Crippen LogP contribution in [-0.2, 0) is 6.42 Å². The first-order valence-electron chi connectivity index (χ1n) is 6.03. The Balaban J connectivity index is 1.84. The summed E-state index contributed by atoms with van der Waals surface area (Å²) in [5, 5.41) is 14.8. The van der Waals surface area contributed by atoms with Gasteiger partial charge in [0.1, 0.15) is 0 Å². The van der Waals surface area contributed by atoms with Gasteiger partial charge in [0.25, 0.3) is 0 Å². The lowest BCUT2D eigenvalue weighted by Crippen LogP contribution is -2.43. The number of benzene rings is 1. The minimum Gasteiger partial charge on any atom is -0.389 e. The molecule has 0 saturated carbocycles. The van der Waals surface area contributed by atoms with Crippen molar-refractivity contribution in [2.75, 3.05) is 13.1 Å². The van der Waals surface area contributed by atoms with Crippen LogP contribution >= 0.6 is 11.3 Å². The van der Waals surface area contributed by atoms with Crippen LogP contribution in [0.1, 0.15) is 17.8 Å². The van der Waals surface area contributed by atoms with Gasteiger partial charge in [-0.05, 0) is 38.1 Å². The van der Waals surface area contributed by atoms with Crippen molar-refractivity contribution >= 4 is 21.6 Å². The second-order valence-corrected chi connectivity index (χ2v) is 5.84. The van der Waals surface area contributed by atoms with Crippen LogP contribution in [0, 0.1) is 0 Å². The molecule has 4 heteroatoms. The van der Waals surface area contributed by atoms with Crippen molar-refractivity contribution in [2.24, 2.45) is 0 Å². The molecular formula is C13H16N2OS. The summed E-state index contributed by atoms with van der Waals surface area (Å²) in [6, 6.07) is 8.15. The van der Waals surface area contributed by atoms with Crippen molar-refractivity contribution in [1.29, 1.82) is 0 Å². The maximum absolute atomic E-state index is 10.5. The largest absolute Gasteiger partial charge is 0.389 e. The molecule has 0 aliphatic carbocycles. The molecule has 0 radical (unpaired) electrons. The number of para-hydroxylation sites is 1. The van der Waals surface area contributed by atoms with E-state index in [2.05, 4.69) is 16.4 Å². The second-order valence-electron chi connectivity index (χ2n) is 4.73. The average Bonchev–Trinajstić information content (AvgIpc) is 2.71. The normalized spacial score (nSPS) is 19.6. The number of nitrogens with zero attached hydrogens (tertiary/aromatic N) is 1. The highest BCUT2D eigenvalue weighted by Gasteiger charge is 2.30. The zero-order valence-electron chi connectivity index (χ0n) is 9.65. The first-order valence-corrected chi connectivity index (χ1v) is 6.84. The van der Waals surface area contributed by atoms with Gasteiger partial charge in [-0.3, -0.25) is 0 Å². The minimum absolute atomic E-state index is 0.556. The van der Waals surface area contributed by atoms with E-state index >= 15 is 0 Å². The smallest absolute Gasteiger partial charge is 0.0967 e. The standard InChI is InChI=1S/C13H16N2OS/c16-13(5-7-14-8-6-13)9-12-15-10-3-1-2-4-11(10)17-12/h1-4,14,16H,5-9H2. The van der Waals surface area contributed by atoms with Crippen molar-refractivity contribution in [3.8, 4) is 0 Å². The van der Waals surface area contributed by atoms with Crippen LogP contribution in [0.15, 0.2) is 24.3 Å². The second kappa shape index (κ2) is 4.37. The minimum atomic E-state index is -0.556. The van der Waals surface area contributed by atoms with Gasteiger partial charge in [0, 0.05) is 6.42 Å². The molecule has 2 heterocycles. The molecule has 0 amide bonds. The summed E-state index contributed by atoms with van der Waals surface area (Å²) in [6.07, 6.45) is 2.33. The van der Waals surface area contributed by atoms with Gasteiger partial charge in [0.15, 0.2) is 0 Å². The van der Waals surface area contributed by atoms with E-state index in [0.29, 0.717) is 6.42 Å². The number of nitrogens with one attached hydrogen (secondary N) is 1. The summed E-state index contributed by atoms with van der Waals surface area (Å²) in [4.78, 5) is 4.59. The number of piperidine rings is 1. The Hall–Kier alpha value is -0.970. The summed E-state index contributed by atoms with van der Waals surface area (Å²) in [7, 11) is 0. The number of hydrogen-bond donors (Lipinski definition) is 2. The zero-order valence-corrected chi connectivity index (χ0v) is 10.5. The molecule has 3 nitrogen and oxygen atoms in total. The molecule has 1 aliphatic rings. The topological polar surface area (TPSA) is 45.2 Å². The van der Waals surface area contributed by atoms with Gasteiger partial charge >= 0.3 is 0 Å². The maximum atomic E-state index is 10.5. The average molecular weight is 248 g/mol. The molecule has 0 bridgehead atoms. The van der Waals surface area contributed by atoms with E-state index in [0.717, 1.165) is 36.5 Å². The van der Waals surface area contributed by atoms with Crippen LogP contribution in [0.3, 0.4) is 0 Å². The summed E-state index contributed by atoms with van der Waals surface area (Å²) >= 11 is 1.70. The fraction of sp³-hybridized carbons (Fsp3) is 0.462. The first kappa shape index (κ1) is 11.1. The fourth-order valence-corrected chi connectivity index (χ4v) is 3.45. The first-order chi connectivity index (χ1) is 8.25. The van der Waals surface area contributed by atoms with E-state index < -0.39 is 5.60 Å². The Morgan fingerprint density at radius 2 is 2.06 bits per heavy atom. The van der Waals surface area contributed by atoms with Gasteiger partial charge in [-0.2, -0.15) is 0 Å². The van der Waals surface area contributed by atoms with Gasteiger partial charge in [-0.15, -0.1) is 11.3 Å². The Kier molecular flexibility index (Phi) is 2.86. The van der Waals surface area contributed by atoms with Gasteiger partial charge in [0.05, 0.1) is 20.8 Å². The third-order valence-electron chi connectivity index (χ3n) is 3.35. The van der Waals surface area contributed by atoms with Gasteiger partial charge in [-0.25, -0.2) is 4.98 Å². The zero-order chi connectivity index (χ0) is 11.7. The van der Waals surface area contributed by atoms with Crippen LogP contribution in [0.4, 0.5) is 0 Å². The molecule has 0 unspecified atom stereocenters. The van der Waals surface area contributed by atoms with Crippen LogP contribution in [0.25, 0.3) is 10.2 Å². The van der Waals surface area contributed by atoms with Crippen molar-refractivity contribution in [2.45, 2.75) is 24.9 Å². The highest BCUT2D eigenvalue weighted by molar-refractivity contribution is 7.18. The summed E-state index contributed by atoms with van der Waals surface area (Å²) in [6.45, 7) is 1.81. The van der Waals surface area contributed by atoms with Gasteiger partial charge < -0.3 is 10.4 Å². The predicted molar refractivity (Wildman–Crippen MR) is 70.4 cm³/mol. The quantitative estimate of drug-likeness (QED) is 0.854. The van der Waals surface area contributed by atoms with Crippen LogP contribution in [0.5, 0.6) is 0 Å². The number of fused-ring (bicyclic) bond motifs is 1. The van der Waals surface area contributed by atoms with Crippen LogP contribution < -0.4 is 5.32 Å². The molecule has 1 aromatic heterocycles. The molecule has 90 valence electrons. The number of aromatic nitrogens is 1. The number of thiazole rings is 1. The lowest BCUT2D eigenvalue weighted by Gasteiger charge is -2.31. The highest BCUT2D eigenvalue weighted by atomic mass is 32.1. The summed E-state index contributed by atoms with van der Waals surface area (Å²) < 4.78 is 1.21. The summed E-state index contributed by atoms with van der Waals surface area (Å²) in [5.41, 5.74) is 0.490. The number of rotatable bonds is 2. The molecule has 1 aliphatic heterocycles. The monoisotopic (exact) mass is 248 g/mol. The molecule has 2 N–H and O–H groups in total. The molecule has 0 atom stereocenters. The van der Waals surface area contributed by atoms with E-state index in [1.807, 2.05) is 18.2 Å². The SMILES string of the molecule is OC1(Cc2nc3ccccc3s2)CCNCC1. The molecule has 0 spiro atoms. The third-order valence-corrected chi connectivity index (χ3v) is 4.39. The maximum Gasteiger partial charge on any atom is 0.0967 e. The predicted octanol–water partition coefficient (Wildman–Crippen LogP) is 1.95. The molecular weight excluding hydrogens is 232 g/mol. The van der Waals surface area contributed by atoms with Crippen LogP contribution in [-0.4, -0.2) is 28.8 Å². The molecule has 17 heavy (non-hydrogen) atoms. The van der Waals surface area contributed by atoms with Crippen molar-refractivity contribution in [3.05, 3.63) is 29.3 Å². The molecule has 3 rings (SSSR count). The summed E-state index contributed by atoms with van der Waals surface area (Å²) in [5.74, 6) is 0. The Labute approximate surface area is 105 Å². The molecule has 2 aromatic rings. The lowest BCUT2D eigenvalue weighted by atomic mass is 9.89. The number of hydrogen-bond acceptors (Lipinski definition) is 4. The highest BCUT2D eigenvalue weighted by Crippen LogP contribution is 2.28.